The summed E-state index contributed by atoms with van der Waals surface area (Å²) in [6.45, 7) is 0. The van der Waals surface area contributed by atoms with Gasteiger partial charge in [0, 0.05) is 5.33 Å². The van der Waals surface area contributed by atoms with Gasteiger partial charge in [-0.1, -0.05) is 40.2 Å². The summed E-state index contributed by atoms with van der Waals surface area (Å²) in [5.41, 5.74) is 1.79. The lowest BCUT2D eigenvalue weighted by Crippen LogP contribution is -2.06. The van der Waals surface area contributed by atoms with Crippen LogP contribution in [0.3, 0.4) is 0 Å². The van der Waals surface area contributed by atoms with E-state index in [9.17, 15) is 8.78 Å². The van der Waals surface area contributed by atoms with E-state index in [-0.39, 0.29) is 17.6 Å². The topological polar surface area (TPSA) is 0 Å². The Balaban J connectivity index is 2.26. The van der Waals surface area contributed by atoms with Gasteiger partial charge in [0.2, 0.25) is 0 Å². The zero-order chi connectivity index (χ0) is 13.8. The van der Waals surface area contributed by atoms with Crippen molar-refractivity contribution in [1.82, 2.24) is 0 Å². The average Bonchev–Trinajstić information content (AvgIpc) is 2.40. The van der Waals surface area contributed by atoms with Crippen LogP contribution < -0.4 is 0 Å². The van der Waals surface area contributed by atoms with E-state index in [0.717, 1.165) is 11.1 Å². The minimum atomic E-state index is -0.273. The van der Waals surface area contributed by atoms with Crippen LogP contribution in [0, 0.1) is 11.6 Å². The molecule has 0 fully saturated rings. The van der Waals surface area contributed by atoms with Crippen molar-refractivity contribution in [3.8, 4) is 0 Å². The van der Waals surface area contributed by atoms with Gasteiger partial charge in [-0.25, -0.2) is 8.78 Å². The van der Waals surface area contributed by atoms with Gasteiger partial charge in [0.1, 0.15) is 11.6 Å². The second kappa shape index (κ2) is 6.62. The second-order valence-corrected chi connectivity index (χ2v) is 5.76. The Morgan fingerprint density at radius 2 is 1.79 bits per heavy atom. The van der Waals surface area contributed by atoms with E-state index in [1.54, 1.807) is 12.1 Å². The number of benzene rings is 2. The Bertz CT molecular complexity index is 570. The molecule has 2 aromatic rings. The van der Waals surface area contributed by atoms with Crippen LogP contribution in [0.15, 0.2) is 46.9 Å². The second-order valence-electron chi connectivity index (χ2n) is 4.32. The van der Waals surface area contributed by atoms with Crippen LogP contribution in [0.5, 0.6) is 0 Å². The molecule has 1 unspecified atom stereocenters. The molecule has 2 rings (SSSR count). The maximum absolute atomic E-state index is 13.5. The molecular weight excluding hydrogens is 378 g/mol. The molecule has 0 radical (unpaired) electrons. The number of alkyl halides is 1. The molecule has 0 aliphatic heterocycles. The van der Waals surface area contributed by atoms with E-state index in [1.807, 2.05) is 12.1 Å². The van der Waals surface area contributed by atoms with Gasteiger partial charge in [-0.15, -0.1) is 0 Å². The summed E-state index contributed by atoms with van der Waals surface area (Å²) in [6.07, 6.45) is 0.646. The molecule has 0 heterocycles. The fraction of sp³-hybridized carbons (Fsp3) is 0.200. The van der Waals surface area contributed by atoms with Gasteiger partial charge in [0.15, 0.2) is 0 Å². The maximum atomic E-state index is 13.5. The predicted octanol–water partition coefficient (Wildman–Crippen LogP) is 5.45. The van der Waals surface area contributed by atoms with Crippen molar-refractivity contribution in [3.05, 3.63) is 69.7 Å². The van der Waals surface area contributed by atoms with Crippen LogP contribution in [0.1, 0.15) is 17.0 Å². The molecule has 0 amide bonds. The monoisotopic (exact) mass is 388 g/mol. The minimum absolute atomic E-state index is 0.105. The smallest absolute Gasteiger partial charge is 0.137 e. The lowest BCUT2D eigenvalue weighted by atomic mass is 9.93. The van der Waals surface area contributed by atoms with Gasteiger partial charge < -0.3 is 0 Å². The Kier molecular flexibility index (Phi) is 5.11. The van der Waals surface area contributed by atoms with E-state index >= 15 is 0 Å². The first kappa shape index (κ1) is 14.7. The number of hydrogen-bond acceptors (Lipinski definition) is 0. The van der Waals surface area contributed by atoms with E-state index in [1.165, 1.54) is 18.2 Å². The molecule has 0 nitrogen and oxygen atoms in total. The Hall–Kier alpha value is -0.740. The highest BCUT2D eigenvalue weighted by atomic mass is 79.9. The van der Waals surface area contributed by atoms with Crippen molar-refractivity contribution in [2.45, 2.75) is 12.3 Å². The molecule has 19 heavy (non-hydrogen) atoms. The van der Waals surface area contributed by atoms with E-state index in [2.05, 4.69) is 31.9 Å². The highest BCUT2D eigenvalue weighted by Gasteiger charge is 2.14. The molecular formula is C15H12Br2F2. The van der Waals surface area contributed by atoms with Crippen LogP contribution >= 0.6 is 31.9 Å². The van der Waals surface area contributed by atoms with Crippen LogP contribution in [0.2, 0.25) is 0 Å². The van der Waals surface area contributed by atoms with Gasteiger partial charge in [-0.3, -0.25) is 0 Å². The maximum Gasteiger partial charge on any atom is 0.137 e. The molecule has 0 spiro atoms. The van der Waals surface area contributed by atoms with Gasteiger partial charge in [-0.2, -0.15) is 0 Å². The third kappa shape index (κ3) is 3.63. The molecule has 0 saturated carbocycles. The summed E-state index contributed by atoms with van der Waals surface area (Å²) in [5, 5.41) is 0.694. The quantitative estimate of drug-likeness (QED) is 0.610. The molecule has 0 saturated heterocycles. The Morgan fingerprint density at radius 3 is 2.47 bits per heavy atom. The van der Waals surface area contributed by atoms with Crippen molar-refractivity contribution in [2.75, 3.05) is 5.33 Å². The molecule has 0 N–H and O–H groups in total. The molecule has 0 bridgehead atoms. The van der Waals surface area contributed by atoms with Crippen LogP contribution in [-0.4, -0.2) is 5.33 Å². The predicted molar refractivity (Wildman–Crippen MR) is 80.7 cm³/mol. The number of rotatable bonds is 4. The van der Waals surface area contributed by atoms with Gasteiger partial charge in [0.25, 0.3) is 0 Å². The van der Waals surface area contributed by atoms with Crippen LogP contribution in [0.25, 0.3) is 0 Å². The first-order valence-corrected chi connectivity index (χ1v) is 7.77. The fourth-order valence-electron chi connectivity index (χ4n) is 1.99. The van der Waals surface area contributed by atoms with Gasteiger partial charge >= 0.3 is 0 Å². The van der Waals surface area contributed by atoms with Crippen molar-refractivity contribution in [2.24, 2.45) is 0 Å². The third-order valence-electron chi connectivity index (χ3n) is 3.00. The molecule has 0 aliphatic rings. The average molecular weight is 390 g/mol. The SMILES string of the molecule is Fc1cccc(C(CBr)Cc2cccc(F)c2Br)c1. The Morgan fingerprint density at radius 1 is 1.05 bits per heavy atom. The largest absolute Gasteiger partial charge is 0.207 e. The highest BCUT2D eigenvalue weighted by Crippen LogP contribution is 2.28. The normalized spacial score (nSPS) is 12.4. The lowest BCUT2D eigenvalue weighted by molar-refractivity contribution is 0.613. The fourth-order valence-corrected chi connectivity index (χ4v) is 3.02. The summed E-state index contributed by atoms with van der Waals surface area (Å²) < 4.78 is 27.2. The zero-order valence-corrected chi connectivity index (χ0v) is 13.2. The first-order valence-electron chi connectivity index (χ1n) is 5.86. The highest BCUT2D eigenvalue weighted by molar-refractivity contribution is 9.10. The van der Waals surface area contributed by atoms with Crippen LogP contribution in [-0.2, 0) is 6.42 Å². The van der Waals surface area contributed by atoms with Crippen molar-refractivity contribution in [3.63, 3.8) is 0 Å². The third-order valence-corrected chi connectivity index (χ3v) is 4.67. The van der Waals surface area contributed by atoms with E-state index in [0.29, 0.717) is 16.2 Å². The summed E-state index contributed by atoms with van der Waals surface area (Å²) >= 11 is 6.71. The Labute approximate surface area is 128 Å². The molecule has 0 aliphatic carbocycles. The summed E-state index contributed by atoms with van der Waals surface area (Å²) in [5.74, 6) is -0.416. The number of halogens is 4. The van der Waals surface area contributed by atoms with Crippen molar-refractivity contribution in [1.29, 1.82) is 0 Å². The van der Waals surface area contributed by atoms with Gasteiger partial charge in [-0.05, 0) is 57.6 Å². The van der Waals surface area contributed by atoms with Gasteiger partial charge in [0.05, 0.1) is 4.47 Å². The molecule has 2 aromatic carbocycles. The summed E-state index contributed by atoms with van der Waals surface area (Å²) in [4.78, 5) is 0. The molecule has 0 aromatic heterocycles. The zero-order valence-electron chi connectivity index (χ0n) is 10.0. The lowest BCUT2D eigenvalue weighted by Gasteiger charge is -2.16. The van der Waals surface area contributed by atoms with E-state index < -0.39 is 0 Å². The standard InChI is InChI=1S/C15H12Br2F2/c16-9-12(10-3-1-5-13(18)8-10)7-11-4-2-6-14(19)15(11)17/h1-6,8,12H,7,9H2. The minimum Gasteiger partial charge on any atom is -0.207 e. The molecule has 100 valence electrons. The summed E-state index contributed by atoms with van der Waals surface area (Å²) in [6, 6.07) is 11.5. The summed E-state index contributed by atoms with van der Waals surface area (Å²) in [7, 11) is 0. The van der Waals surface area contributed by atoms with Crippen LogP contribution in [0.4, 0.5) is 8.78 Å². The van der Waals surface area contributed by atoms with Crippen molar-refractivity contribution < 1.29 is 8.78 Å². The molecule has 1 atom stereocenters. The number of hydrogen-bond donors (Lipinski definition) is 0. The van der Waals surface area contributed by atoms with Crippen molar-refractivity contribution >= 4 is 31.9 Å². The van der Waals surface area contributed by atoms with E-state index in [4.69, 9.17) is 0 Å². The molecule has 4 heteroatoms. The first-order chi connectivity index (χ1) is 9.11.